The maximum atomic E-state index is 13.4. The molecule has 1 aliphatic heterocycles. The van der Waals surface area contributed by atoms with Gasteiger partial charge in [0.25, 0.3) is 5.56 Å². The van der Waals surface area contributed by atoms with E-state index in [0.29, 0.717) is 35.9 Å². The summed E-state index contributed by atoms with van der Waals surface area (Å²) in [4.78, 5) is 42.0. The van der Waals surface area contributed by atoms with Crippen LogP contribution in [0.15, 0.2) is 47.4 Å². The van der Waals surface area contributed by atoms with Gasteiger partial charge in [-0.3, -0.25) is 4.79 Å². The van der Waals surface area contributed by atoms with Crippen molar-refractivity contribution in [2.75, 3.05) is 18.5 Å². The van der Waals surface area contributed by atoms with Crippen molar-refractivity contribution in [2.24, 2.45) is 0 Å². The molecule has 0 bridgehead atoms. The molecule has 42 heavy (non-hydrogen) atoms. The highest BCUT2D eigenvalue weighted by Crippen LogP contribution is 2.46. The maximum absolute atomic E-state index is 13.4. The summed E-state index contributed by atoms with van der Waals surface area (Å²) in [6, 6.07) is 11.6. The third kappa shape index (κ3) is 5.13. The first-order chi connectivity index (χ1) is 20.0. The number of amides is 1. The minimum Gasteiger partial charge on any atom is -0.444 e. The first-order valence-electron chi connectivity index (χ1n) is 14.4. The average molecular weight is 572 g/mol. The molecule has 11 heteroatoms. The lowest BCUT2D eigenvalue weighted by Crippen LogP contribution is -2.39. The van der Waals surface area contributed by atoms with Crippen molar-refractivity contribution in [3.8, 4) is 5.82 Å². The lowest BCUT2D eigenvalue weighted by Gasteiger charge is -2.31. The second-order valence-electron chi connectivity index (χ2n) is 12.6. The van der Waals surface area contributed by atoms with Crippen molar-refractivity contribution in [2.45, 2.75) is 77.5 Å². The van der Waals surface area contributed by atoms with Crippen LogP contribution in [-0.4, -0.2) is 59.2 Å². The Morgan fingerprint density at radius 2 is 1.93 bits per heavy atom. The van der Waals surface area contributed by atoms with Gasteiger partial charge in [0, 0.05) is 36.4 Å². The number of hydrogen-bond donors (Lipinski definition) is 2. The number of ether oxygens (including phenoxy) is 1. The van der Waals surface area contributed by atoms with Crippen molar-refractivity contribution < 1.29 is 14.6 Å². The van der Waals surface area contributed by atoms with Gasteiger partial charge in [0.05, 0.1) is 12.3 Å². The van der Waals surface area contributed by atoms with E-state index in [1.54, 1.807) is 20.5 Å². The van der Waals surface area contributed by atoms with Gasteiger partial charge >= 0.3 is 6.09 Å². The average Bonchev–Trinajstić information content (AvgIpc) is 3.70. The first-order valence-corrected chi connectivity index (χ1v) is 14.4. The molecule has 3 aromatic heterocycles. The summed E-state index contributed by atoms with van der Waals surface area (Å²) in [5.74, 6) is 0.899. The zero-order chi connectivity index (χ0) is 29.8. The van der Waals surface area contributed by atoms with Crippen LogP contribution in [0.3, 0.4) is 0 Å². The van der Waals surface area contributed by atoms with Crippen molar-refractivity contribution >= 4 is 28.8 Å². The molecular formula is C31H37N7O4. The summed E-state index contributed by atoms with van der Waals surface area (Å²) in [6.45, 7) is 10.6. The first kappa shape index (κ1) is 27.9. The number of fused-ring (bicyclic) bond motifs is 2. The van der Waals surface area contributed by atoms with E-state index in [2.05, 4.69) is 16.4 Å². The van der Waals surface area contributed by atoms with Crippen LogP contribution in [0, 0.1) is 0 Å². The summed E-state index contributed by atoms with van der Waals surface area (Å²) in [5, 5.41) is 13.6. The van der Waals surface area contributed by atoms with Gasteiger partial charge in [-0.05, 0) is 89.3 Å². The molecule has 1 amide bonds. The number of hydrogen-bond acceptors (Lipinski definition) is 8. The smallest absolute Gasteiger partial charge is 0.410 e. The van der Waals surface area contributed by atoms with E-state index in [4.69, 9.17) is 14.7 Å². The van der Waals surface area contributed by atoms with E-state index in [9.17, 15) is 14.7 Å². The van der Waals surface area contributed by atoms with Gasteiger partial charge in [-0.1, -0.05) is 12.1 Å². The molecule has 1 fully saturated rings. The normalized spacial score (nSPS) is 16.0. The molecular weight excluding hydrogens is 534 g/mol. The zero-order valence-electron chi connectivity index (χ0n) is 24.7. The Morgan fingerprint density at radius 3 is 2.62 bits per heavy atom. The molecule has 4 aromatic rings. The van der Waals surface area contributed by atoms with Crippen LogP contribution >= 0.6 is 0 Å². The minimum atomic E-state index is -0.554. The topological polar surface area (TPSA) is 127 Å². The lowest BCUT2D eigenvalue weighted by atomic mass is 9.99. The van der Waals surface area contributed by atoms with E-state index in [0.717, 1.165) is 36.2 Å². The third-order valence-electron chi connectivity index (χ3n) is 7.89. The number of pyridine rings is 1. The highest BCUT2D eigenvalue weighted by Gasteiger charge is 2.45. The number of nitrogens with one attached hydrogen (secondary N) is 1. The lowest BCUT2D eigenvalue weighted by molar-refractivity contribution is 0.0224. The zero-order valence-corrected chi connectivity index (χ0v) is 24.7. The summed E-state index contributed by atoms with van der Waals surface area (Å²) in [7, 11) is 0. The maximum Gasteiger partial charge on any atom is 0.410 e. The van der Waals surface area contributed by atoms with Gasteiger partial charge in [-0.2, -0.15) is 4.98 Å². The number of carbonyl (C=O) groups excluding carboxylic acids is 1. The molecule has 0 saturated heterocycles. The molecule has 0 spiro atoms. The summed E-state index contributed by atoms with van der Waals surface area (Å²) >= 11 is 0. The van der Waals surface area contributed by atoms with E-state index >= 15 is 0 Å². The van der Waals surface area contributed by atoms with E-state index < -0.39 is 5.60 Å². The second kappa shape index (κ2) is 10.2. The molecule has 11 nitrogen and oxygen atoms in total. The predicted octanol–water partition coefficient (Wildman–Crippen LogP) is 4.62. The summed E-state index contributed by atoms with van der Waals surface area (Å²) in [6.07, 6.45) is 3.74. The SMILES string of the molecule is CC(C)n1c(=O)c2cnc(Nc3ccc4c(c3)CN(C(=O)OC(C)(C)C)CC4)nc2n1-c1cccc(C2(CO)CC2)n1. The van der Waals surface area contributed by atoms with Crippen LogP contribution in [0.1, 0.15) is 70.3 Å². The molecule has 4 heterocycles. The molecule has 220 valence electrons. The molecule has 0 unspecified atom stereocenters. The van der Waals surface area contributed by atoms with Crippen LogP contribution in [0.4, 0.5) is 16.4 Å². The fraction of sp³-hybridized carbons (Fsp3) is 0.452. The van der Waals surface area contributed by atoms with Crippen LogP contribution < -0.4 is 10.9 Å². The second-order valence-corrected chi connectivity index (χ2v) is 12.6. The van der Waals surface area contributed by atoms with Gasteiger partial charge in [-0.25, -0.2) is 24.1 Å². The predicted molar refractivity (Wildman–Crippen MR) is 159 cm³/mol. The van der Waals surface area contributed by atoms with Crippen LogP contribution in [0.25, 0.3) is 16.9 Å². The number of aliphatic hydroxyl groups excluding tert-OH is 1. The van der Waals surface area contributed by atoms with Crippen LogP contribution in [-0.2, 0) is 23.1 Å². The van der Waals surface area contributed by atoms with E-state index in [-0.39, 0.29) is 29.7 Å². The van der Waals surface area contributed by atoms with Gasteiger partial charge in [0.2, 0.25) is 5.95 Å². The Bertz CT molecular complexity index is 1730. The molecule has 1 aromatic carbocycles. The Morgan fingerprint density at radius 1 is 1.14 bits per heavy atom. The molecule has 0 atom stereocenters. The number of rotatable bonds is 6. The van der Waals surface area contributed by atoms with Crippen molar-refractivity contribution in [1.82, 2.24) is 29.2 Å². The van der Waals surface area contributed by atoms with Gasteiger partial charge < -0.3 is 20.1 Å². The Labute approximate surface area is 244 Å². The van der Waals surface area contributed by atoms with Crippen LogP contribution in [0.2, 0.25) is 0 Å². The molecule has 0 radical (unpaired) electrons. The Balaban J connectivity index is 1.34. The number of aromatic nitrogens is 5. The quantitative estimate of drug-likeness (QED) is 0.343. The van der Waals surface area contributed by atoms with Crippen molar-refractivity contribution in [3.05, 3.63) is 69.8 Å². The number of nitrogens with zero attached hydrogens (tertiary/aromatic N) is 6. The fourth-order valence-corrected chi connectivity index (χ4v) is 5.47. The molecule has 2 aliphatic rings. The van der Waals surface area contributed by atoms with Crippen molar-refractivity contribution in [3.63, 3.8) is 0 Å². The summed E-state index contributed by atoms with van der Waals surface area (Å²) < 4.78 is 8.96. The largest absolute Gasteiger partial charge is 0.444 e. The molecule has 2 N–H and O–H groups in total. The standard InChI is InChI=1S/C31H37N7O4/c1-19(2)37-27(40)23-16-32-28(35-26(23)38(37)25-8-6-7-24(34-25)31(18-39)12-13-31)33-22-10-9-20-11-14-36(17-21(20)15-22)29(41)42-30(3,4)5/h6-10,15-16,19,39H,11-14,17-18H2,1-5H3,(H,32,33,35). The van der Waals surface area contributed by atoms with Crippen LogP contribution in [0.5, 0.6) is 0 Å². The third-order valence-corrected chi connectivity index (χ3v) is 7.89. The molecule has 6 rings (SSSR count). The highest BCUT2D eigenvalue weighted by molar-refractivity contribution is 5.77. The van der Waals surface area contributed by atoms with Gasteiger partial charge in [0.1, 0.15) is 11.0 Å². The molecule has 1 aliphatic carbocycles. The monoisotopic (exact) mass is 571 g/mol. The van der Waals surface area contributed by atoms with Gasteiger partial charge in [0.15, 0.2) is 11.5 Å². The van der Waals surface area contributed by atoms with E-state index in [1.807, 2.05) is 65.0 Å². The highest BCUT2D eigenvalue weighted by atomic mass is 16.6. The Kier molecular flexibility index (Phi) is 6.80. The number of carbonyl (C=O) groups is 1. The number of aliphatic hydroxyl groups is 1. The Hall–Kier alpha value is -4.25. The number of anilines is 2. The fourth-order valence-electron chi connectivity index (χ4n) is 5.47. The number of benzene rings is 1. The minimum absolute atomic E-state index is 0.0411. The van der Waals surface area contributed by atoms with E-state index in [1.165, 1.54) is 5.56 Å². The van der Waals surface area contributed by atoms with Crippen molar-refractivity contribution in [1.29, 1.82) is 0 Å². The van der Waals surface area contributed by atoms with Gasteiger partial charge in [-0.15, -0.1) is 0 Å². The molecule has 1 saturated carbocycles. The summed E-state index contributed by atoms with van der Waals surface area (Å²) in [5.41, 5.74) is 3.18.